The first-order valence-corrected chi connectivity index (χ1v) is 6.82. The number of rotatable bonds is 4. The van der Waals surface area contributed by atoms with Crippen LogP contribution in [0.2, 0.25) is 10.0 Å². The fraction of sp³-hybridized carbons (Fsp3) is 0.200. The van der Waals surface area contributed by atoms with Crippen LogP contribution in [0.4, 0.5) is 4.39 Å². The van der Waals surface area contributed by atoms with Crippen molar-refractivity contribution in [3.05, 3.63) is 57.8 Å². The van der Waals surface area contributed by atoms with Crippen molar-refractivity contribution in [1.82, 2.24) is 5.32 Å². The van der Waals surface area contributed by atoms with E-state index in [2.05, 4.69) is 5.32 Å². The minimum atomic E-state index is -0.265. The third-order valence-corrected chi connectivity index (χ3v) is 3.58. The van der Waals surface area contributed by atoms with E-state index in [4.69, 9.17) is 23.2 Å². The lowest BCUT2D eigenvalue weighted by Crippen LogP contribution is -2.11. The van der Waals surface area contributed by atoms with Gasteiger partial charge in [-0.25, -0.2) is 4.39 Å². The zero-order valence-electron chi connectivity index (χ0n) is 10.5. The quantitative estimate of drug-likeness (QED) is 0.845. The molecule has 1 nitrogen and oxygen atoms in total. The van der Waals surface area contributed by atoms with Crippen LogP contribution in [0.3, 0.4) is 0 Å². The Labute approximate surface area is 122 Å². The van der Waals surface area contributed by atoms with Crippen LogP contribution >= 0.6 is 23.2 Å². The third kappa shape index (κ3) is 3.47. The summed E-state index contributed by atoms with van der Waals surface area (Å²) in [5.74, 6) is -0.265. The summed E-state index contributed by atoms with van der Waals surface area (Å²) in [6.07, 6.45) is 0. The highest BCUT2D eigenvalue weighted by Crippen LogP contribution is 2.30. The standard InChI is InChI=1S/C15H14Cl2FN/c1-2-19-9-10-3-6-15(18)12(7-10)11-4-5-13(16)14(17)8-11/h3-8,19H,2,9H2,1H3. The van der Waals surface area contributed by atoms with Gasteiger partial charge in [0.2, 0.25) is 0 Å². The molecule has 2 aromatic carbocycles. The summed E-state index contributed by atoms with van der Waals surface area (Å²) < 4.78 is 13.9. The van der Waals surface area contributed by atoms with E-state index in [1.54, 1.807) is 24.3 Å². The largest absolute Gasteiger partial charge is 0.313 e. The zero-order valence-corrected chi connectivity index (χ0v) is 12.0. The third-order valence-electron chi connectivity index (χ3n) is 2.84. The van der Waals surface area contributed by atoms with Gasteiger partial charge in [-0.05, 0) is 41.9 Å². The van der Waals surface area contributed by atoms with E-state index in [0.717, 1.165) is 17.7 Å². The van der Waals surface area contributed by atoms with Crippen LogP contribution in [0.15, 0.2) is 36.4 Å². The Morgan fingerprint density at radius 1 is 1.05 bits per heavy atom. The lowest BCUT2D eigenvalue weighted by Gasteiger charge is -2.08. The lowest BCUT2D eigenvalue weighted by atomic mass is 10.0. The summed E-state index contributed by atoms with van der Waals surface area (Å²) in [5, 5.41) is 4.11. The predicted octanol–water partition coefficient (Wildman–Crippen LogP) is 4.91. The molecule has 19 heavy (non-hydrogen) atoms. The van der Waals surface area contributed by atoms with Crippen LogP contribution in [-0.4, -0.2) is 6.54 Å². The van der Waals surface area contributed by atoms with Gasteiger partial charge in [0.1, 0.15) is 5.82 Å². The molecule has 4 heteroatoms. The van der Waals surface area contributed by atoms with Crippen LogP contribution in [0.25, 0.3) is 11.1 Å². The number of halogens is 3. The number of benzene rings is 2. The van der Waals surface area contributed by atoms with E-state index in [0.29, 0.717) is 22.2 Å². The summed E-state index contributed by atoms with van der Waals surface area (Å²) in [6, 6.07) is 10.2. The molecule has 2 rings (SSSR count). The molecule has 0 aliphatic rings. The second kappa shape index (κ2) is 6.38. The predicted molar refractivity (Wildman–Crippen MR) is 79.2 cm³/mol. The van der Waals surface area contributed by atoms with Gasteiger partial charge in [-0.2, -0.15) is 0 Å². The van der Waals surface area contributed by atoms with Crippen LogP contribution in [0.1, 0.15) is 12.5 Å². The molecule has 1 N–H and O–H groups in total. The van der Waals surface area contributed by atoms with Crippen molar-refractivity contribution in [2.24, 2.45) is 0 Å². The first-order valence-electron chi connectivity index (χ1n) is 6.06. The van der Waals surface area contributed by atoms with E-state index in [1.165, 1.54) is 6.07 Å². The van der Waals surface area contributed by atoms with Gasteiger partial charge in [0.15, 0.2) is 0 Å². The Bertz CT molecular complexity index is 584. The molecule has 0 heterocycles. The summed E-state index contributed by atoms with van der Waals surface area (Å²) in [7, 11) is 0. The maximum Gasteiger partial charge on any atom is 0.131 e. The second-order valence-corrected chi connectivity index (χ2v) is 5.04. The number of nitrogens with one attached hydrogen (secondary N) is 1. The van der Waals surface area contributed by atoms with Crippen molar-refractivity contribution in [3.63, 3.8) is 0 Å². The first-order chi connectivity index (χ1) is 9.11. The minimum Gasteiger partial charge on any atom is -0.313 e. The van der Waals surface area contributed by atoms with Crippen molar-refractivity contribution in [2.75, 3.05) is 6.54 Å². The Kier molecular flexibility index (Phi) is 4.81. The summed E-state index contributed by atoms with van der Waals surface area (Å²) >= 11 is 11.8. The Morgan fingerprint density at radius 3 is 2.53 bits per heavy atom. The fourth-order valence-corrected chi connectivity index (χ4v) is 2.13. The van der Waals surface area contributed by atoms with Crippen molar-refractivity contribution in [2.45, 2.75) is 13.5 Å². The highest BCUT2D eigenvalue weighted by atomic mass is 35.5. The van der Waals surface area contributed by atoms with Gasteiger partial charge in [-0.15, -0.1) is 0 Å². The molecule has 0 radical (unpaired) electrons. The van der Waals surface area contributed by atoms with Gasteiger partial charge < -0.3 is 5.32 Å². The molecule has 0 amide bonds. The van der Waals surface area contributed by atoms with Crippen LogP contribution in [0, 0.1) is 5.82 Å². The molecule has 0 fully saturated rings. The van der Waals surface area contributed by atoms with E-state index < -0.39 is 0 Å². The second-order valence-electron chi connectivity index (χ2n) is 4.22. The van der Waals surface area contributed by atoms with Gasteiger partial charge in [-0.3, -0.25) is 0 Å². The van der Waals surface area contributed by atoms with Gasteiger partial charge in [-0.1, -0.05) is 42.3 Å². The molecule has 0 saturated heterocycles. The lowest BCUT2D eigenvalue weighted by molar-refractivity contribution is 0.629. The molecular weight excluding hydrogens is 284 g/mol. The maximum atomic E-state index is 13.9. The molecule has 0 aromatic heterocycles. The Balaban J connectivity index is 2.39. The first kappa shape index (κ1) is 14.3. The molecule has 100 valence electrons. The van der Waals surface area contributed by atoms with E-state index in [1.807, 2.05) is 13.0 Å². The summed E-state index contributed by atoms with van der Waals surface area (Å²) in [4.78, 5) is 0. The Morgan fingerprint density at radius 2 is 1.84 bits per heavy atom. The zero-order chi connectivity index (χ0) is 13.8. The molecule has 0 aliphatic carbocycles. The van der Waals surface area contributed by atoms with E-state index in [9.17, 15) is 4.39 Å². The molecule has 0 atom stereocenters. The molecule has 0 unspecified atom stereocenters. The van der Waals surface area contributed by atoms with E-state index in [-0.39, 0.29) is 5.82 Å². The molecule has 2 aromatic rings. The average Bonchev–Trinajstić information content (AvgIpc) is 2.41. The average molecular weight is 298 g/mol. The number of hydrogen-bond donors (Lipinski definition) is 1. The van der Waals surface area contributed by atoms with Crippen molar-refractivity contribution in [3.8, 4) is 11.1 Å². The van der Waals surface area contributed by atoms with Crippen LogP contribution in [-0.2, 0) is 6.54 Å². The Hall–Kier alpha value is -1.09. The summed E-state index contributed by atoms with van der Waals surface area (Å²) in [5.41, 5.74) is 2.29. The molecule has 0 bridgehead atoms. The van der Waals surface area contributed by atoms with E-state index >= 15 is 0 Å². The molecule has 0 aliphatic heterocycles. The topological polar surface area (TPSA) is 12.0 Å². The molecular formula is C15H14Cl2FN. The van der Waals surface area contributed by atoms with Gasteiger partial charge in [0, 0.05) is 12.1 Å². The monoisotopic (exact) mass is 297 g/mol. The van der Waals surface area contributed by atoms with Gasteiger partial charge in [0.05, 0.1) is 10.0 Å². The highest BCUT2D eigenvalue weighted by molar-refractivity contribution is 6.42. The van der Waals surface area contributed by atoms with Crippen molar-refractivity contribution in [1.29, 1.82) is 0 Å². The van der Waals surface area contributed by atoms with Gasteiger partial charge >= 0.3 is 0 Å². The molecule has 0 spiro atoms. The smallest absolute Gasteiger partial charge is 0.131 e. The maximum absolute atomic E-state index is 13.9. The number of hydrogen-bond acceptors (Lipinski definition) is 1. The normalized spacial score (nSPS) is 10.7. The fourth-order valence-electron chi connectivity index (χ4n) is 1.84. The summed E-state index contributed by atoms with van der Waals surface area (Å²) in [6.45, 7) is 3.62. The SMILES string of the molecule is CCNCc1ccc(F)c(-c2ccc(Cl)c(Cl)c2)c1. The van der Waals surface area contributed by atoms with Gasteiger partial charge in [0.25, 0.3) is 0 Å². The van der Waals surface area contributed by atoms with Crippen LogP contribution in [0.5, 0.6) is 0 Å². The van der Waals surface area contributed by atoms with Crippen LogP contribution < -0.4 is 5.32 Å². The minimum absolute atomic E-state index is 0.265. The van der Waals surface area contributed by atoms with Crippen molar-refractivity contribution >= 4 is 23.2 Å². The molecule has 0 saturated carbocycles. The van der Waals surface area contributed by atoms with Crippen molar-refractivity contribution < 1.29 is 4.39 Å². The highest BCUT2D eigenvalue weighted by Gasteiger charge is 2.08.